The zero-order chi connectivity index (χ0) is 17.5. The number of benzene rings is 1. The zero-order valence-electron chi connectivity index (χ0n) is 12.4. The Labute approximate surface area is 142 Å². The maximum Gasteiger partial charge on any atom is 0.412 e. The van der Waals surface area contributed by atoms with Crippen LogP contribution in [0.15, 0.2) is 23.8 Å². The Morgan fingerprint density at radius 3 is 2.30 bits per heavy atom. The largest absolute Gasteiger partial charge is 0.508 e. The number of halogens is 5. The van der Waals surface area contributed by atoms with Gasteiger partial charge in [-0.1, -0.05) is 29.3 Å². The number of rotatable bonds is 8. The molecule has 0 bridgehead atoms. The smallest absolute Gasteiger partial charge is 0.412 e. The summed E-state index contributed by atoms with van der Waals surface area (Å²) >= 11 is 11.8. The molecule has 0 atom stereocenters. The minimum absolute atomic E-state index is 0.0528. The van der Waals surface area contributed by atoms with E-state index >= 15 is 0 Å². The highest BCUT2D eigenvalue weighted by atomic mass is 35.5. The Bertz CT molecular complexity index is 522. The van der Waals surface area contributed by atoms with Gasteiger partial charge in [0.15, 0.2) is 5.75 Å². The lowest BCUT2D eigenvalue weighted by Gasteiger charge is -2.10. The van der Waals surface area contributed by atoms with Gasteiger partial charge in [0.25, 0.3) is 0 Å². The van der Waals surface area contributed by atoms with E-state index in [1.165, 1.54) is 12.1 Å². The van der Waals surface area contributed by atoms with Gasteiger partial charge in [-0.15, -0.1) is 0 Å². The fourth-order valence-electron chi connectivity index (χ4n) is 1.55. The maximum absolute atomic E-state index is 12.2. The molecule has 1 aromatic carbocycles. The summed E-state index contributed by atoms with van der Waals surface area (Å²) in [6.07, 6.45) is -2.06. The molecule has 8 heteroatoms. The van der Waals surface area contributed by atoms with Gasteiger partial charge >= 0.3 is 6.18 Å². The maximum atomic E-state index is 12.2. The molecular weight excluding hydrogens is 356 g/mol. The molecule has 130 valence electrons. The Balaban J connectivity index is 2.20. The Hall–Kier alpha value is -1.11. The van der Waals surface area contributed by atoms with Gasteiger partial charge in [0.1, 0.15) is 5.75 Å². The summed E-state index contributed by atoms with van der Waals surface area (Å²) in [4.78, 5) is 0. The number of unbranched alkanes of at least 4 members (excludes halogenated alkanes) is 1. The van der Waals surface area contributed by atoms with E-state index in [4.69, 9.17) is 32.7 Å². The average molecular weight is 373 g/mol. The monoisotopic (exact) mass is 372 g/mol. The van der Waals surface area contributed by atoms with Crippen LogP contribution < -0.4 is 4.74 Å². The molecule has 0 aromatic heterocycles. The summed E-state index contributed by atoms with van der Waals surface area (Å²) in [6.45, 7) is 1.57. The van der Waals surface area contributed by atoms with E-state index in [1.54, 1.807) is 0 Å². The number of phenols is 1. The first-order chi connectivity index (χ1) is 10.7. The van der Waals surface area contributed by atoms with Gasteiger partial charge in [0, 0.05) is 24.3 Å². The molecule has 1 N–H and O–H groups in total. The van der Waals surface area contributed by atoms with E-state index < -0.39 is 11.7 Å². The number of alkyl halides is 3. The molecule has 3 nitrogen and oxygen atoms in total. The van der Waals surface area contributed by atoms with Crippen molar-refractivity contribution in [2.24, 2.45) is 0 Å². The van der Waals surface area contributed by atoms with Crippen molar-refractivity contribution in [3.63, 3.8) is 0 Å². The Morgan fingerprint density at radius 2 is 1.74 bits per heavy atom. The van der Waals surface area contributed by atoms with Crippen molar-refractivity contribution in [2.75, 3.05) is 19.8 Å². The molecule has 0 aliphatic carbocycles. The van der Waals surface area contributed by atoms with Crippen LogP contribution in [0.1, 0.15) is 19.8 Å². The number of ether oxygens (including phenoxy) is 2. The van der Waals surface area contributed by atoms with Crippen LogP contribution in [0, 0.1) is 0 Å². The first-order valence-corrected chi connectivity index (χ1v) is 7.60. The third-order valence-electron chi connectivity index (χ3n) is 2.87. The molecule has 0 unspecified atom stereocenters. The number of hydrogen-bond donors (Lipinski definition) is 1. The molecule has 0 fully saturated rings. The Kier molecular flexibility index (Phi) is 8.02. The predicted molar refractivity (Wildman–Crippen MR) is 83.5 cm³/mol. The van der Waals surface area contributed by atoms with Crippen LogP contribution >= 0.6 is 23.2 Å². The van der Waals surface area contributed by atoms with Gasteiger partial charge in [0.05, 0.1) is 23.3 Å². The molecule has 0 spiro atoms. The van der Waals surface area contributed by atoms with Gasteiger partial charge in [-0.05, 0) is 19.8 Å². The zero-order valence-corrected chi connectivity index (χ0v) is 13.9. The molecule has 0 amide bonds. The fraction of sp³-hybridized carbons (Fsp3) is 0.467. The van der Waals surface area contributed by atoms with Crippen molar-refractivity contribution in [3.05, 3.63) is 33.8 Å². The van der Waals surface area contributed by atoms with Crippen molar-refractivity contribution in [1.29, 1.82) is 0 Å². The minimum Gasteiger partial charge on any atom is -0.508 e. The molecule has 1 rings (SSSR count). The van der Waals surface area contributed by atoms with E-state index in [-0.39, 0.29) is 28.2 Å². The number of hydrogen-bond acceptors (Lipinski definition) is 3. The first kappa shape index (κ1) is 19.9. The number of aromatic hydroxyl groups is 1. The van der Waals surface area contributed by atoms with Gasteiger partial charge in [-0.25, -0.2) is 0 Å². The summed E-state index contributed by atoms with van der Waals surface area (Å²) in [6, 6.07) is 2.64. The van der Waals surface area contributed by atoms with Crippen molar-refractivity contribution in [2.45, 2.75) is 25.9 Å². The summed E-state index contributed by atoms with van der Waals surface area (Å²) in [5.74, 6) is 0.235. The average Bonchev–Trinajstić information content (AvgIpc) is 2.42. The van der Waals surface area contributed by atoms with Crippen molar-refractivity contribution in [3.8, 4) is 11.5 Å². The quantitative estimate of drug-likeness (QED) is 0.491. The first-order valence-electron chi connectivity index (χ1n) is 6.84. The van der Waals surface area contributed by atoms with Gasteiger partial charge in [-0.3, -0.25) is 0 Å². The van der Waals surface area contributed by atoms with Crippen LogP contribution in [-0.4, -0.2) is 31.1 Å². The van der Waals surface area contributed by atoms with E-state index in [9.17, 15) is 18.3 Å². The third-order valence-corrected chi connectivity index (χ3v) is 3.43. The van der Waals surface area contributed by atoms with Gasteiger partial charge in [0.2, 0.25) is 0 Å². The van der Waals surface area contributed by atoms with Crippen LogP contribution in [0.5, 0.6) is 11.5 Å². The van der Waals surface area contributed by atoms with Gasteiger partial charge < -0.3 is 14.6 Å². The lowest BCUT2D eigenvalue weighted by Crippen LogP contribution is -2.10. The summed E-state index contributed by atoms with van der Waals surface area (Å²) in [5, 5.41) is 9.70. The second-order valence-corrected chi connectivity index (χ2v) is 5.57. The summed E-state index contributed by atoms with van der Waals surface area (Å²) < 4.78 is 47.1. The van der Waals surface area contributed by atoms with Crippen molar-refractivity contribution >= 4 is 23.2 Å². The lowest BCUT2D eigenvalue weighted by atomic mass is 10.3. The van der Waals surface area contributed by atoms with Crippen LogP contribution in [0.2, 0.25) is 10.0 Å². The predicted octanol–water partition coefficient (Wildman–Crippen LogP) is 5.38. The lowest BCUT2D eigenvalue weighted by molar-refractivity contribution is -0.0919. The second kappa shape index (κ2) is 9.25. The highest BCUT2D eigenvalue weighted by molar-refractivity contribution is 6.37. The van der Waals surface area contributed by atoms with Crippen LogP contribution in [0.4, 0.5) is 13.2 Å². The van der Waals surface area contributed by atoms with E-state index in [0.717, 1.165) is 13.0 Å². The normalized spacial score (nSPS) is 12.5. The third kappa shape index (κ3) is 7.33. The topological polar surface area (TPSA) is 38.7 Å². The van der Waals surface area contributed by atoms with E-state index in [1.807, 2.05) is 0 Å². The molecule has 0 aliphatic rings. The van der Waals surface area contributed by atoms with Crippen molar-refractivity contribution in [1.82, 2.24) is 0 Å². The van der Waals surface area contributed by atoms with E-state index in [2.05, 4.69) is 0 Å². The molecule has 0 heterocycles. The number of allylic oxidation sites excluding steroid dienone is 1. The van der Waals surface area contributed by atoms with Crippen LogP contribution in [0.25, 0.3) is 0 Å². The van der Waals surface area contributed by atoms with Crippen LogP contribution in [-0.2, 0) is 4.74 Å². The SMILES string of the molecule is C/C(=C/COCCCCOc1c(Cl)cc(O)cc1Cl)C(F)(F)F. The second-order valence-electron chi connectivity index (χ2n) is 4.75. The van der Waals surface area contributed by atoms with E-state index in [0.29, 0.717) is 26.1 Å². The highest BCUT2D eigenvalue weighted by Crippen LogP contribution is 2.36. The molecular formula is C15H17Cl2F3O3. The Morgan fingerprint density at radius 1 is 1.17 bits per heavy atom. The fourth-order valence-corrected chi connectivity index (χ4v) is 2.13. The number of phenolic OH excluding ortho intramolecular Hbond substituents is 1. The molecule has 0 aliphatic heterocycles. The minimum atomic E-state index is -4.31. The highest BCUT2D eigenvalue weighted by Gasteiger charge is 2.29. The summed E-state index contributed by atoms with van der Waals surface area (Å²) in [5.41, 5.74) is -0.669. The van der Waals surface area contributed by atoms with Gasteiger partial charge in [-0.2, -0.15) is 13.2 Å². The standard InChI is InChI=1S/C15H17Cl2F3O3/c1-10(15(18,19)20)4-7-22-5-2-3-6-23-14-12(16)8-11(21)9-13(14)17/h4,8-9,21H,2-3,5-7H2,1H3/b10-4-. The summed E-state index contributed by atoms with van der Waals surface area (Å²) in [7, 11) is 0. The molecule has 0 saturated heterocycles. The molecule has 23 heavy (non-hydrogen) atoms. The molecule has 1 aromatic rings. The molecule has 0 saturated carbocycles. The van der Waals surface area contributed by atoms with Crippen molar-refractivity contribution < 1.29 is 27.8 Å². The molecule has 0 radical (unpaired) electrons. The van der Waals surface area contributed by atoms with Crippen LogP contribution in [0.3, 0.4) is 0 Å².